The van der Waals surface area contributed by atoms with E-state index in [-0.39, 0.29) is 11.6 Å². The van der Waals surface area contributed by atoms with Gasteiger partial charge < -0.3 is 5.11 Å². The van der Waals surface area contributed by atoms with Crippen LogP contribution in [0.5, 0.6) is 0 Å². The van der Waals surface area contributed by atoms with Crippen LogP contribution in [0.15, 0.2) is 6.07 Å². The summed E-state index contributed by atoms with van der Waals surface area (Å²) in [5.41, 5.74) is 0.290. The fraction of sp³-hybridized carbons (Fsp3) is 0.727. The largest absolute Gasteiger partial charge is 0.387 e. The van der Waals surface area contributed by atoms with Crippen molar-refractivity contribution in [3.63, 3.8) is 0 Å². The fourth-order valence-electron chi connectivity index (χ4n) is 2.32. The minimum atomic E-state index is -2.57. The van der Waals surface area contributed by atoms with Crippen LogP contribution in [0.4, 0.5) is 8.78 Å². The topological polar surface area (TPSA) is 38.0 Å². The van der Waals surface area contributed by atoms with Gasteiger partial charge in [-0.2, -0.15) is 5.10 Å². The van der Waals surface area contributed by atoms with Crippen LogP contribution in [0.25, 0.3) is 0 Å². The molecule has 0 saturated heterocycles. The summed E-state index contributed by atoms with van der Waals surface area (Å²) in [6.07, 6.45) is -2.45. The molecule has 0 bridgehead atoms. The van der Waals surface area contributed by atoms with E-state index in [4.69, 9.17) is 0 Å². The Kier molecular flexibility index (Phi) is 2.97. The Hall–Kier alpha value is -0.970. The van der Waals surface area contributed by atoms with Gasteiger partial charge in [-0.3, -0.25) is 4.68 Å². The van der Waals surface area contributed by atoms with Crippen molar-refractivity contribution >= 4 is 0 Å². The predicted octanol–water partition coefficient (Wildman–Crippen LogP) is 2.53. The van der Waals surface area contributed by atoms with Crippen molar-refractivity contribution in [2.45, 2.75) is 39.3 Å². The predicted molar refractivity (Wildman–Crippen MR) is 55.1 cm³/mol. The number of alkyl halides is 2. The highest BCUT2D eigenvalue weighted by atomic mass is 19.3. The standard InChI is InChI=1S/C11H16F2N2O/c1-6(2)7-3-4-15-9(10(7)16)5-8(14-15)11(12)13/h5-7,10-11,16H,3-4H2,1-2H3. The number of hydrogen-bond acceptors (Lipinski definition) is 2. The van der Waals surface area contributed by atoms with Crippen LogP contribution in [-0.4, -0.2) is 14.9 Å². The lowest BCUT2D eigenvalue weighted by Crippen LogP contribution is -2.28. The van der Waals surface area contributed by atoms with E-state index in [1.807, 2.05) is 13.8 Å². The maximum absolute atomic E-state index is 12.5. The molecule has 5 heteroatoms. The fourth-order valence-corrected chi connectivity index (χ4v) is 2.32. The van der Waals surface area contributed by atoms with Crippen molar-refractivity contribution in [3.05, 3.63) is 17.5 Å². The lowest BCUT2D eigenvalue weighted by atomic mass is 9.84. The van der Waals surface area contributed by atoms with E-state index in [1.54, 1.807) is 0 Å². The van der Waals surface area contributed by atoms with Crippen molar-refractivity contribution in [1.29, 1.82) is 0 Å². The number of aromatic nitrogens is 2. The third kappa shape index (κ3) is 1.84. The van der Waals surface area contributed by atoms with Crippen LogP contribution < -0.4 is 0 Å². The first-order valence-corrected chi connectivity index (χ1v) is 5.54. The third-order valence-corrected chi connectivity index (χ3v) is 3.29. The molecular weight excluding hydrogens is 214 g/mol. The number of aliphatic hydroxyl groups excluding tert-OH is 1. The van der Waals surface area contributed by atoms with Gasteiger partial charge in [0.05, 0.1) is 11.8 Å². The van der Waals surface area contributed by atoms with E-state index >= 15 is 0 Å². The molecule has 0 amide bonds. The number of nitrogens with zero attached hydrogens (tertiary/aromatic N) is 2. The van der Waals surface area contributed by atoms with Gasteiger partial charge in [0.15, 0.2) is 0 Å². The van der Waals surface area contributed by atoms with Crippen LogP contribution in [0.1, 0.15) is 44.2 Å². The van der Waals surface area contributed by atoms with Crippen molar-refractivity contribution in [1.82, 2.24) is 9.78 Å². The van der Waals surface area contributed by atoms with Crippen LogP contribution >= 0.6 is 0 Å². The van der Waals surface area contributed by atoms with Crippen LogP contribution in [0.2, 0.25) is 0 Å². The average Bonchev–Trinajstić information content (AvgIpc) is 2.62. The molecule has 3 nitrogen and oxygen atoms in total. The van der Waals surface area contributed by atoms with Crippen LogP contribution in [0.3, 0.4) is 0 Å². The van der Waals surface area contributed by atoms with Gasteiger partial charge in [0.2, 0.25) is 0 Å². The van der Waals surface area contributed by atoms with Gasteiger partial charge in [-0.15, -0.1) is 0 Å². The lowest BCUT2D eigenvalue weighted by Gasteiger charge is -2.31. The highest BCUT2D eigenvalue weighted by Gasteiger charge is 2.32. The first kappa shape index (κ1) is 11.5. The molecule has 2 unspecified atom stereocenters. The first-order valence-electron chi connectivity index (χ1n) is 5.54. The van der Waals surface area contributed by atoms with E-state index in [0.29, 0.717) is 18.2 Å². The smallest absolute Gasteiger partial charge is 0.282 e. The van der Waals surface area contributed by atoms with Gasteiger partial charge in [0.25, 0.3) is 6.43 Å². The van der Waals surface area contributed by atoms with Gasteiger partial charge in [-0.05, 0) is 24.3 Å². The summed E-state index contributed by atoms with van der Waals surface area (Å²) in [5, 5.41) is 13.9. The summed E-state index contributed by atoms with van der Waals surface area (Å²) in [6.45, 7) is 4.68. The molecule has 1 aromatic rings. The molecule has 2 atom stereocenters. The number of hydrogen-bond donors (Lipinski definition) is 1. The lowest BCUT2D eigenvalue weighted by molar-refractivity contribution is 0.0475. The molecule has 0 aromatic carbocycles. The molecule has 0 spiro atoms. The monoisotopic (exact) mass is 230 g/mol. The maximum atomic E-state index is 12.5. The van der Waals surface area contributed by atoms with E-state index in [1.165, 1.54) is 10.7 Å². The molecule has 90 valence electrons. The molecule has 0 fully saturated rings. The quantitative estimate of drug-likeness (QED) is 0.847. The second-order valence-electron chi connectivity index (χ2n) is 4.66. The Morgan fingerprint density at radius 1 is 1.50 bits per heavy atom. The summed E-state index contributed by atoms with van der Waals surface area (Å²) in [6, 6.07) is 1.32. The zero-order chi connectivity index (χ0) is 11.9. The second-order valence-corrected chi connectivity index (χ2v) is 4.66. The SMILES string of the molecule is CC(C)C1CCn2nc(C(F)F)cc2C1O. The van der Waals surface area contributed by atoms with Crippen molar-refractivity contribution in [2.75, 3.05) is 0 Å². The molecule has 0 aliphatic carbocycles. The van der Waals surface area contributed by atoms with E-state index in [2.05, 4.69) is 5.10 Å². The number of halogens is 2. The molecule has 1 N–H and O–H groups in total. The molecule has 0 saturated carbocycles. The highest BCUT2D eigenvalue weighted by Crippen LogP contribution is 2.36. The van der Waals surface area contributed by atoms with Gasteiger partial charge >= 0.3 is 0 Å². The van der Waals surface area contributed by atoms with Crippen molar-refractivity contribution < 1.29 is 13.9 Å². The summed E-state index contributed by atoms with van der Waals surface area (Å²) >= 11 is 0. The normalized spacial score (nSPS) is 25.2. The Morgan fingerprint density at radius 3 is 2.75 bits per heavy atom. The molecule has 1 aromatic heterocycles. The Balaban J connectivity index is 2.30. The van der Waals surface area contributed by atoms with E-state index in [9.17, 15) is 13.9 Å². The Bertz CT molecular complexity index is 376. The van der Waals surface area contributed by atoms with E-state index < -0.39 is 12.5 Å². The zero-order valence-corrected chi connectivity index (χ0v) is 9.40. The van der Waals surface area contributed by atoms with Gasteiger partial charge in [0, 0.05) is 6.54 Å². The van der Waals surface area contributed by atoms with Crippen LogP contribution in [-0.2, 0) is 6.54 Å². The number of rotatable bonds is 2. The summed E-state index contributed by atoms with van der Waals surface area (Å²) in [4.78, 5) is 0. The van der Waals surface area contributed by atoms with Gasteiger partial charge in [-0.25, -0.2) is 8.78 Å². The minimum Gasteiger partial charge on any atom is -0.387 e. The van der Waals surface area contributed by atoms with Crippen molar-refractivity contribution in [2.24, 2.45) is 11.8 Å². The Morgan fingerprint density at radius 2 is 2.19 bits per heavy atom. The average molecular weight is 230 g/mol. The first-order chi connectivity index (χ1) is 7.50. The molecule has 1 aliphatic rings. The molecule has 2 heterocycles. The molecular formula is C11H16F2N2O. The molecule has 2 rings (SSSR count). The summed E-state index contributed by atoms with van der Waals surface area (Å²) in [7, 11) is 0. The van der Waals surface area contributed by atoms with Crippen LogP contribution in [0, 0.1) is 11.8 Å². The number of aliphatic hydroxyl groups is 1. The summed E-state index contributed by atoms with van der Waals surface area (Å²) < 4.78 is 26.5. The maximum Gasteiger partial charge on any atom is 0.282 e. The number of aryl methyl sites for hydroxylation is 1. The van der Waals surface area contributed by atoms with Gasteiger partial charge in [0.1, 0.15) is 5.69 Å². The third-order valence-electron chi connectivity index (χ3n) is 3.29. The zero-order valence-electron chi connectivity index (χ0n) is 9.40. The van der Waals surface area contributed by atoms with E-state index in [0.717, 1.165) is 6.42 Å². The van der Waals surface area contributed by atoms with Gasteiger partial charge in [-0.1, -0.05) is 13.8 Å². The second kappa shape index (κ2) is 4.13. The molecule has 1 aliphatic heterocycles. The Labute approximate surface area is 93.1 Å². The number of fused-ring (bicyclic) bond motifs is 1. The molecule has 16 heavy (non-hydrogen) atoms. The molecule has 0 radical (unpaired) electrons. The minimum absolute atomic E-state index is 0.134. The van der Waals surface area contributed by atoms with Crippen molar-refractivity contribution in [3.8, 4) is 0 Å². The highest BCUT2D eigenvalue weighted by molar-refractivity contribution is 5.16. The summed E-state index contributed by atoms with van der Waals surface area (Å²) in [5.74, 6) is 0.475.